The molecule has 5 nitrogen and oxygen atoms in total. The molecule has 1 unspecified atom stereocenters. The summed E-state index contributed by atoms with van der Waals surface area (Å²) in [4.78, 5) is 20.5. The van der Waals surface area contributed by atoms with Crippen molar-refractivity contribution in [2.24, 2.45) is 0 Å². The largest absolute Gasteiger partial charge is 0.474 e. The number of rotatable bonds is 1. The maximum Gasteiger partial charge on any atom is 0.394 e. The average Bonchev–Trinajstić information content (AvgIpc) is 2.39. The van der Waals surface area contributed by atoms with Gasteiger partial charge in [0.1, 0.15) is 6.23 Å². The molecule has 5 heteroatoms. The van der Waals surface area contributed by atoms with Crippen molar-refractivity contribution >= 4 is 11.9 Å². The molecule has 0 aliphatic carbocycles. The molecule has 0 aromatic heterocycles. The van der Waals surface area contributed by atoms with Gasteiger partial charge >= 0.3 is 11.9 Å². The van der Waals surface area contributed by atoms with Gasteiger partial charge in [-0.1, -0.05) is 0 Å². The molecule has 1 atom stereocenters. The smallest absolute Gasteiger partial charge is 0.394 e. The lowest BCUT2D eigenvalue weighted by molar-refractivity contribution is -0.151. The van der Waals surface area contributed by atoms with Gasteiger partial charge in [-0.2, -0.15) is 0 Å². The van der Waals surface area contributed by atoms with Crippen LogP contribution in [0.5, 0.6) is 0 Å². The lowest BCUT2D eigenvalue weighted by atomic mass is 10.3. The van der Waals surface area contributed by atoms with Gasteiger partial charge in [-0.05, 0) is 12.8 Å². The summed E-state index contributed by atoms with van der Waals surface area (Å²) in [6.07, 6.45) is 1.16. The Hall–Kier alpha value is -1.10. The molecular formula is C6H9NO4. The summed E-state index contributed by atoms with van der Waals surface area (Å²) in [6.45, 7) is 0.588. The Labute approximate surface area is 63.3 Å². The number of carboxylic acid groups (broad SMARTS) is 1. The lowest BCUT2D eigenvalue weighted by Gasteiger charge is -2.08. The number of carbonyl (C=O) groups is 2. The zero-order valence-electron chi connectivity index (χ0n) is 5.87. The minimum Gasteiger partial charge on any atom is -0.474 e. The summed E-state index contributed by atoms with van der Waals surface area (Å²) in [6, 6.07) is 0. The molecule has 1 fully saturated rings. The first-order valence-corrected chi connectivity index (χ1v) is 3.35. The van der Waals surface area contributed by atoms with E-state index >= 15 is 0 Å². The van der Waals surface area contributed by atoms with E-state index in [4.69, 9.17) is 9.84 Å². The highest BCUT2D eigenvalue weighted by molar-refractivity contribution is 6.31. The van der Waals surface area contributed by atoms with Gasteiger partial charge in [0.15, 0.2) is 0 Å². The Balaban J connectivity index is 2.29. The Morgan fingerprint density at radius 2 is 2.27 bits per heavy atom. The first-order chi connectivity index (χ1) is 5.20. The van der Waals surface area contributed by atoms with E-state index in [1.54, 1.807) is 0 Å². The van der Waals surface area contributed by atoms with Crippen LogP contribution in [0.1, 0.15) is 12.8 Å². The molecule has 0 radical (unpaired) electrons. The fourth-order valence-corrected chi connectivity index (χ4v) is 0.899. The third kappa shape index (κ3) is 2.19. The second kappa shape index (κ2) is 3.34. The maximum atomic E-state index is 10.5. The molecular weight excluding hydrogens is 150 g/mol. The predicted molar refractivity (Wildman–Crippen MR) is 34.8 cm³/mol. The van der Waals surface area contributed by atoms with E-state index in [-0.39, 0.29) is 0 Å². The van der Waals surface area contributed by atoms with Crippen molar-refractivity contribution in [1.82, 2.24) is 5.32 Å². The van der Waals surface area contributed by atoms with Gasteiger partial charge in [0.25, 0.3) is 0 Å². The summed E-state index contributed by atoms with van der Waals surface area (Å²) in [5.41, 5.74) is 0. The summed E-state index contributed by atoms with van der Waals surface area (Å²) in [7, 11) is 0. The van der Waals surface area contributed by atoms with E-state index in [0.29, 0.717) is 13.0 Å². The van der Waals surface area contributed by atoms with Crippen LogP contribution in [0, 0.1) is 0 Å². The molecule has 0 aromatic rings. The molecule has 1 heterocycles. The van der Waals surface area contributed by atoms with Crippen molar-refractivity contribution in [2.45, 2.75) is 19.1 Å². The van der Waals surface area contributed by atoms with E-state index in [1.165, 1.54) is 0 Å². The predicted octanol–water partition coefficient (Wildman–Crippen LogP) is -0.676. The van der Waals surface area contributed by atoms with Crippen molar-refractivity contribution in [3.8, 4) is 0 Å². The number of amides is 1. The molecule has 1 saturated heterocycles. The summed E-state index contributed by atoms with van der Waals surface area (Å²) in [5.74, 6) is -2.47. The van der Waals surface area contributed by atoms with Crippen LogP contribution in [-0.2, 0) is 14.3 Å². The molecule has 0 bridgehead atoms. The van der Waals surface area contributed by atoms with Gasteiger partial charge in [-0.25, -0.2) is 4.79 Å². The number of hydrogen-bond donors (Lipinski definition) is 2. The van der Waals surface area contributed by atoms with Crippen LogP contribution in [0.2, 0.25) is 0 Å². The average molecular weight is 159 g/mol. The van der Waals surface area contributed by atoms with Gasteiger partial charge in [0.2, 0.25) is 0 Å². The van der Waals surface area contributed by atoms with Gasteiger partial charge in [-0.15, -0.1) is 0 Å². The quantitative estimate of drug-likeness (QED) is 0.497. The molecule has 0 saturated carbocycles. The van der Waals surface area contributed by atoms with Crippen molar-refractivity contribution < 1.29 is 19.4 Å². The van der Waals surface area contributed by atoms with Gasteiger partial charge in [0, 0.05) is 6.61 Å². The number of ether oxygens (including phenoxy) is 1. The highest BCUT2D eigenvalue weighted by Gasteiger charge is 2.20. The Bertz CT molecular complexity index is 173. The Kier molecular flexibility index (Phi) is 2.43. The maximum absolute atomic E-state index is 10.5. The number of hydrogen-bond acceptors (Lipinski definition) is 3. The van der Waals surface area contributed by atoms with Crippen LogP contribution in [0.3, 0.4) is 0 Å². The van der Waals surface area contributed by atoms with E-state index < -0.39 is 18.1 Å². The van der Waals surface area contributed by atoms with Crippen LogP contribution < -0.4 is 5.32 Å². The lowest BCUT2D eigenvalue weighted by Crippen LogP contribution is -2.38. The molecule has 11 heavy (non-hydrogen) atoms. The molecule has 1 aliphatic rings. The van der Waals surface area contributed by atoms with Crippen molar-refractivity contribution in [1.29, 1.82) is 0 Å². The van der Waals surface area contributed by atoms with Crippen LogP contribution >= 0.6 is 0 Å². The van der Waals surface area contributed by atoms with Crippen molar-refractivity contribution in [2.75, 3.05) is 6.61 Å². The first-order valence-electron chi connectivity index (χ1n) is 3.35. The highest BCUT2D eigenvalue weighted by Crippen LogP contribution is 2.08. The van der Waals surface area contributed by atoms with E-state index in [1.807, 2.05) is 0 Å². The number of nitrogens with one attached hydrogen (secondary N) is 1. The van der Waals surface area contributed by atoms with Crippen LogP contribution in [0.25, 0.3) is 0 Å². The van der Waals surface area contributed by atoms with Crippen LogP contribution in [0.15, 0.2) is 0 Å². The van der Waals surface area contributed by atoms with Gasteiger partial charge in [0.05, 0.1) is 0 Å². The topological polar surface area (TPSA) is 75.6 Å². The summed E-state index contributed by atoms with van der Waals surface area (Å²) >= 11 is 0. The zero-order chi connectivity index (χ0) is 8.27. The van der Waals surface area contributed by atoms with Gasteiger partial charge < -0.3 is 15.2 Å². The minimum absolute atomic E-state index is 0.404. The SMILES string of the molecule is O=C(O)C(=O)NC1CCCO1. The standard InChI is InChI=1S/C6H9NO4/c8-5(6(9)10)7-4-2-1-3-11-4/h4H,1-3H2,(H,7,8)(H,9,10). The monoisotopic (exact) mass is 159 g/mol. The van der Waals surface area contributed by atoms with E-state index in [0.717, 1.165) is 6.42 Å². The van der Waals surface area contributed by atoms with Gasteiger partial charge in [-0.3, -0.25) is 4.79 Å². The van der Waals surface area contributed by atoms with E-state index in [9.17, 15) is 9.59 Å². The third-order valence-corrected chi connectivity index (χ3v) is 1.42. The summed E-state index contributed by atoms with van der Waals surface area (Å²) in [5, 5.41) is 10.4. The Morgan fingerprint density at radius 1 is 1.55 bits per heavy atom. The molecule has 1 amide bonds. The molecule has 0 spiro atoms. The molecule has 1 rings (SSSR count). The van der Waals surface area contributed by atoms with Crippen molar-refractivity contribution in [3.05, 3.63) is 0 Å². The number of carbonyl (C=O) groups excluding carboxylic acids is 1. The zero-order valence-corrected chi connectivity index (χ0v) is 5.87. The first kappa shape index (κ1) is 8.00. The third-order valence-electron chi connectivity index (χ3n) is 1.42. The number of aliphatic carboxylic acids is 1. The molecule has 2 N–H and O–H groups in total. The highest BCUT2D eigenvalue weighted by atomic mass is 16.5. The van der Waals surface area contributed by atoms with Crippen LogP contribution in [0.4, 0.5) is 0 Å². The normalized spacial score (nSPS) is 23.1. The summed E-state index contributed by atoms with van der Waals surface area (Å²) < 4.78 is 4.98. The van der Waals surface area contributed by atoms with E-state index in [2.05, 4.69) is 5.32 Å². The second-order valence-electron chi connectivity index (χ2n) is 2.28. The molecule has 62 valence electrons. The molecule has 0 aromatic carbocycles. The fourth-order valence-electron chi connectivity index (χ4n) is 0.899. The number of carboxylic acids is 1. The fraction of sp³-hybridized carbons (Fsp3) is 0.667. The minimum atomic E-state index is -1.47. The van der Waals surface area contributed by atoms with Crippen LogP contribution in [-0.4, -0.2) is 29.8 Å². The van der Waals surface area contributed by atoms with Crippen molar-refractivity contribution in [3.63, 3.8) is 0 Å². The second-order valence-corrected chi connectivity index (χ2v) is 2.28. The molecule has 1 aliphatic heterocycles. The Morgan fingerprint density at radius 3 is 2.73 bits per heavy atom.